The molecule has 3 nitrogen and oxygen atoms in total. The minimum absolute atomic E-state index is 0.253. The van der Waals surface area contributed by atoms with Crippen LogP contribution in [-0.4, -0.2) is 38.1 Å². The van der Waals surface area contributed by atoms with Crippen molar-refractivity contribution in [2.24, 2.45) is 0 Å². The van der Waals surface area contributed by atoms with E-state index >= 15 is 0 Å². The molecule has 1 fully saturated rings. The zero-order valence-corrected chi connectivity index (χ0v) is 12.7. The van der Waals surface area contributed by atoms with Crippen molar-refractivity contribution in [3.8, 4) is 6.07 Å². The summed E-state index contributed by atoms with van der Waals surface area (Å²) < 4.78 is 14.6. The highest BCUT2D eigenvalue weighted by Gasteiger charge is 2.24. The summed E-state index contributed by atoms with van der Waals surface area (Å²) in [5, 5.41) is 8.89. The lowest BCUT2D eigenvalue weighted by atomic mass is 10.0. The van der Waals surface area contributed by atoms with Gasteiger partial charge in [-0.05, 0) is 54.5 Å². The lowest BCUT2D eigenvalue weighted by Gasteiger charge is -2.37. The van der Waals surface area contributed by atoms with Gasteiger partial charge in [0.15, 0.2) is 5.82 Å². The van der Waals surface area contributed by atoms with Gasteiger partial charge in [0.1, 0.15) is 6.07 Å². The smallest absolute Gasteiger partial charge is 0.161 e. The number of hydrogen-bond acceptors (Lipinski definition) is 3. The number of likely N-dealkylation sites (N-methyl/N-ethyl adjacent to an activating group) is 2. The Labute approximate surface area is 121 Å². The van der Waals surface area contributed by atoms with Gasteiger partial charge in [-0.15, -0.1) is 0 Å². The number of anilines is 1. The predicted octanol–water partition coefficient (Wildman–Crippen LogP) is 2.99. The normalized spacial score (nSPS) is 20.1. The molecule has 1 aromatic carbocycles. The zero-order chi connectivity index (χ0) is 14.0. The van der Waals surface area contributed by atoms with E-state index in [1.54, 1.807) is 12.1 Å². The van der Waals surface area contributed by atoms with E-state index in [0.29, 0.717) is 17.3 Å². The van der Waals surface area contributed by atoms with Crippen molar-refractivity contribution in [1.29, 1.82) is 5.26 Å². The van der Waals surface area contributed by atoms with Crippen LogP contribution in [0.4, 0.5) is 10.1 Å². The molecule has 0 bridgehead atoms. The molecule has 0 aromatic heterocycles. The maximum Gasteiger partial charge on any atom is 0.161 e. The van der Waals surface area contributed by atoms with Gasteiger partial charge < -0.3 is 9.80 Å². The zero-order valence-electron chi connectivity index (χ0n) is 11.2. The molecule has 1 aromatic rings. The van der Waals surface area contributed by atoms with Crippen LogP contribution in [0.25, 0.3) is 0 Å². The third-order valence-electron chi connectivity index (χ3n) is 3.71. The number of piperidine rings is 1. The fourth-order valence-corrected chi connectivity index (χ4v) is 2.97. The summed E-state index contributed by atoms with van der Waals surface area (Å²) in [5.41, 5.74) is 0.876. The SMILES string of the molecule is CN1CCCC(N(C)c2ccc(C#N)c(Br)c2F)C1. The Balaban J connectivity index is 2.26. The second-order valence-electron chi connectivity index (χ2n) is 5.04. The van der Waals surface area contributed by atoms with E-state index in [2.05, 4.69) is 27.9 Å². The molecule has 1 heterocycles. The molecule has 0 aliphatic carbocycles. The lowest BCUT2D eigenvalue weighted by molar-refractivity contribution is 0.247. The van der Waals surface area contributed by atoms with Crippen LogP contribution in [0.1, 0.15) is 18.4 Å². The van der Waals surface area contributed by atoms with Crippen LogP contribution in [0, 0.1) is 17.1 Å². The molecule has 19 heavy (non-hydrogen) atoms. The first-order chi connectivity index (χ1) is 9.04. The molecular formula is C14H17BrFN3. The molecule has 0 amide bonds. The minimum atomic E-state index is -0.352. The largest absolute Gasteiger partial charge is 0.368 e. The first-order valence-corrected chi connectivity index (χ1v) is 7.13. The fourth-order valence-electron chi connectivity index (χ4n) is 2.55. The Bertz CT molecular complexity index is 512. The maximum atomic E-state index is 14.3. The van der Waals surface area contributed by atoms with E-state index in [4.69, 9.17) is 5.26 Å². The molecule has 1 aliphatic heterocycles. The molecule has 0 N–H and O–H groups in total. The van der Waals surface area contributed by atoms with Gasteiger partial charge in [0.2, 0.25) is 0 Å². The van der Waals surface area contributed by atoms with Gasteiger partial charge >= 0.3 is 0 Å². The number of nitriles is 1. The maximum absolute atomic E-state index is 14.3. The molecule has 0 radical (unpaired) electrons. The minimum Gasteiger partial charge on any atom is -0.368 e. The molecule has 1 unspecified atom stereocenters. The Morgan fingerprint density at radius 2 is 2.26 bits per heavy atom. The van der Waals surface area contributed by atoms with Crippen molar-refractivity contribution in [1.82, 2.24) is 4.90 Å². The molecule has 1 atom stereocenters. The summed E-state index contributed by atoms with van der Waals surface area (Å²) in [7, 11) is 4.01. The van der Waals surface area contributed by atoms with Gasteiger partial charge in [-0.3, -0.25) is 0 Å². The molecule has 0 saturated carbocycles. The third kappa shape index (κ3) is 2.90. The number of benzene rings is 1. The van der Waals surface area contributed by atoms with Crippen molar-refractivity contribution in [3.63, 3.8) is 0 Å². The van der Waals surface area contributed by atoms with Crippen LogP contribution in [0.15, 0.2) is 16.6 Å². The topological polar surface area (TPSA) is 30.3 Å². The highest BCUT2D eigenvalue weighted by atomic mass is 79.9. The van der Waals surface area contributed by atoms with Gasteiger partial charge in [-0.1, -0.05) is 0 Å². The van der Waals surface area contributed by atoms with E-state index in [1.807, 2.05) is 18.0 Å². The highest BCUT2D eigenvalue weighted by Crippen LogP contribution is 2.30. The van der Waals surface area contributed by atoms with Crippen molar-refractivity contribution in [3.05, 3.63) is 28.0 Å². The Hall–Kier alpha value is -1.12. The van der Waals surface area contributed by atoms with Crippen LogP contribution in [0.2, 0.25) is 0 Å². The summed E-state index contributed by atoms with van der Waals surface area (Å²) in [6.07, 6.45) is 2.20. The number of likely N-dealkylation sites (tertiary alicyclic amines) is 1. The summed E-state index contributed by atoms with van der Waals surface area (Å²) >= 11 is 3.16. The Kier molecular flexibility index (Phi) is 4.43. The first kappa shape index (κ1) is 14.3. The predicted molar refractivity (Wildman–Crippen MR) is 77.7 cm³/mol. The molecule has 102 valence electrons. The lowest BCUT2D eigenvalue weighted by Crippen LogP contribution is -2.45. The second kappa shape index (κ2) is 5.89. The van der Waals surface area contributed by atoms with Crippen molar-refractivity contribution in [2.45, 2.75) is 18.9 Å². The third-order valence-corrected chi connectivity index (χ3v) is 4.48. The number of nitrogens with zero attached hydrogens (tertiary/aromatic N) is 3. The van der Waals surface area contributed by atoms with Gasteiger partial charge in [-0.2, -0.15) is 5.26 Å². The highest BCUT2D eigenvalue weighted by molar-refractivity contribution is 9.10. The van der Waals surface area contributed by atoms with Crippen LogP contribution in [0.5, 0.6) is 0 Å². The van der Waals surface area contributed by atoms with Crippen LogP contribution < -0.4 is 4.90 Å². The molecule has 2 rings (SSSR count). The van der Waals surface area contributed by atoms with Gasteiger partial charge in [0.25, 0.3) is 0 Å². The number of rotatable bonds is 2. The fraction of sp³-hybridized carbons (Fsp3) is 0.500. The monoisotopic (exact) mass is 325 g/mol. The standard InChI is InChI=1S/C14H17BrFN3/c1-18-7-3-4-11(9-18)19(2)12-6-5-10(8-17)13(15)14(12)16/h5-6,11H,3-4,7,9H2,1-2H3. The van der Waals surface area contributed by atoms with Crippen LogP contribution in [-0.2, 0) is 0 Å². The van der Waals surface area contributed by atoms with E-state index in [1.165, 1.54) is 0 Å². The summed E-state index contributed by atoms with van der Waals surface area (Å²) in [6.45, 7) is 2.04. The van der Waals surface area contributed by atoms with Gasteiger partial charge in [0.05, 0.1) is 15.7 Å². The second-order valence-corrected chi connectivity index (χ2v) is 5.83. The summed E-state index contributed by atoms with van der Waals surface area (Å²) in [4.78, 5) is 4.25. The van der Waals surface area contributed by atoms with Gasteiger partial charge in [0, 0.05) is 19.6 Å². The number of hydrogen-bond donors (Lipinski definition) is 0. The van der Waals surface area contributed by atoms with Crippen molar-refractivity contribution in [2.75, 3.05) is 32.1 Å². The average molecular weight is 326 g/mol. The van der Waals surface area contributed by atoms with Crippen molar-refractivity contribution >= 4 is 21.6 Å². The van der Waals surface area contributed by atoms with E-state index in [9.17, 15) is 4.39 Å². The van der Waals surface area contributed by atoms with Crippen LogP contribution >= 0.6 is 15.9 Å². The van der Waals surface area contributed by atoms with E-state index in [0.717, 1.165) is 25.9 Å². The molecule has 1 saturated heterocycles. The molecule has 5 heteroatoms. The summed E-state index contributed by atoms with van der Waals surface area (Å²) in [6, 6.07) is 5.63. The summed E-state index contributed by atoms with van der Waals surface area (Å²) in [5.74, 6) is -0.352. The van der Waals surface area contributed by atoms with Crippen LogP contribution in [0.3, 0.4) is 0 Å². The van der Waals surface area contributed by atoms with E-state index < -0.39 is 0 Å². The first-order valence-electron chi connectivity index (χ1n) is 6.34. The average Bonchev–Trinajstić information content (AvgIpc) is 2.41. The molecular weight excluding hydrogens is 309 g/mol. The number of halogens is 2. The quantitative estimate of drug-likeness (QED) is 0.837. The Morgan fingerprint density at radius 1 is 1.53 bits per heavy atom. The molecule has 0 spiro atoms. The van der Waals surface area contributed by atoms with E-state index in [-0.39, 0.29) is 10.3 Å². The van der Waals surface area contributed by atoms with Gasteiger partial charge in [-0.25, -0.2) is 4.39 Å². The van der Waals surface area contributed by atoms with Crippen molar-refractivity contribution < 1.29 is 4.39 Å². The molecule has 1 aliphatic rings. The Morgan fingerprint density at radius 3 is 2.89 bits per heavy atom.